The van der Waals surface area contributed by atoms with Crippen molar-refractivity contribution in [1.82, 2.24) is 15.3 Å². The lowest BCUT2D eigenvalue weighted by atomic mass is 10.9. The largest absolute Gasteiger partial charge is 0.471 e. The summed E-state index contributed by atoms with van der Waals surface area (Å²) in [6.45, 7) is 6.06. The molecule has 12 nitrogen and oxygen atoms in total. The molecule has 0 saturated heterocycles. The topological polar surface area (TPSA) is 138 Å². The number of nitrogens with one attached hydrogen (secondary N) is 3. The molecule has 0 aromatic rings. The molecule has 0 bridgehead atoms. The molecular formula is C12H18N9O3P3S6. The van der Waals surface area contributed by atoms with Crippen molar-refractivity contribution in [2.45, 2.75) is 20.8 Å². The third kappa shape index (κ3) is 9.38. The zero-order valence-electron chi connectivity index (χ0n) is 17.3. The van der Waals surface area contributed by atoms with Crippen LogP contribution in [-0.2, 0) is 14.2 Å². The van der Waals surface area contributed by atoms with E-state index in [1.54, 1.807) is 20.8 Å². The quantitative estimate of drug-likeness (QED) is 0.161. The fourth-order valence-corrected chi connectivity index (χ4v) is 13.4. The van der Waals surface area contributed by atoms with Crippen LogP contribution in [0.15, 0.2) is 27.8 Å². The van der Waals surface area contributed by atoms with Crippen molar-refractivity contribution in [3.8, 4) is 0 Å². The molecular weight excluding hydrogens is 604 g/mol. The molecule has 180 valence electrons. The van der Waals surface area contributed by atoms with Gasteiger partial charge < -0.3 is 14.2 Å². The van der Waals surface area contributed by atoms with Gasteiger partial charge in [0.15, 0.2) is 0 Å². The number of rotatable bonds is 9. The minimum absolute atomic E-state index is 0.0529. The molecule has 1 aliphatic heterocycles. The van der Waals surface area contributed by atoms with Gasteiger partial charge in [-0.25, -0.2) is 0 Å². The second-order valence-corrected chi connectivity index (χ2v) is 13.5. The molecule has 1 aliphatic rings. The molecule has 0 atom stereocenters. The van der Waals surface area contributed by atoms with Gasteiger partial charge in [0, 0.05) is 0 Å². The highest BCUT2D eigenvalue weighted by Crippen LogP contribution is 2.76. The van der Waals surface area contributed by atoms with Gasteiger partial charge >= 0.3 is 22.5 Å². The maximum Gasteiger partial charge on any atom is 0.301 e. The Balaban J connectivity index is 4.09. The molecule has 33 heavy (non-hydrogen) atoms. The van der Waals surface area contributed by atoms with Crippen LogP contribution in [0.3, 0.4) is 0 Å². The molecule has 0 unspecified atom stereocenters. The summed E-state index contributed by atoms with van der Waals surface area (Å²) in [6, 6.07) is 0. The Morgan fingerprint density at radius 3 is 1.06 bits per heavy atom. The molecule has 0 saturated carbocycles. The second-order valence-electron chi connectivity index (χ2n) is 5.04. The van der Waals surface area contributed by atoms with E-state index in [0.29, 0.717) is 0 Å². The van der Waals surface area contributed by atoms with Gasteiger partial charge in [0.25, 0.3) is 15.5 Å². The number of hydrogen-bond donors (Lipinski definition) is 3. The molecule has 1 rings (SSSR count). The number of ether oxygens (including phenoxy) is 3. The Hall–Kier alpha value is -0.840. The SMILES string of the molecule is CCOC(=S)NP1(N=C=S)=NP(N=C=S)(NC(=S)OCC)=NP(N=C=S)(NC(=S)OCC)=N1. The van der Waals surface area contributed by atoms with Crippen LogP contribution >= 0.6 is 95.8 Å². The van der Waals surface area contributed by atoms with Crippen LogP contribution in [0.5, 0.6) is 0 Å². The monoisotopic (exact) mass is 621 g/mol. The predicted octanol–water partition coefficient (Wildman–Crippen LogP) is 5.88. The highest BCUT2D eigenvalue weighted by atomic mass is 32.1. The first-order valence-electron chi connectivity index (χ1n) is 8.72. The lowest BCUT2D eigenvalue weighted by molar-refractivity contribution is 0.328. The van der Waals surface area contributed by atoms with E-state index in [9.17, 15) is 0 Å². The van der Waals surface area contributed by atoms with Gasteiger partial charge in [-0.05, 0) is 94.1 Å². The zero-order chi connectivity index (χ0) is 25.0. The first kappa shape index (κ1) is 30.2. The first-order chi connectivity index (χ1) is 15.7. The standard InChI is InChI=1S/C12H18N9O3P3S6/c1-4-22-10(31)16-25(13-7-28)19-26(14-8-29,17-11(32)23-5-2)21-27(20-25,15-9-30)18-12(33)24-6-3/h4-6H2,1-3H3,(H,16,31)(H,17,32)(H,18,33). The van der Waals surface area contributed by atoms with Crippen LogP contribution in [0.2, 0.25) is 0 Å². The maximum absolute atomic E-state index is 5.34. The molecule has 0 aromatic carbocycles. The summed E-state index contributed by atoms with van der Waals surface area (Å²) in [4.78, 5) is 0. The van der Waals surface area contributed by atoms with E-state index in [1.807, 2.05) is 0 Å². The molecule has 21 heteroatoms. The van der Waals surface area contributed by atoms with Crippen LogP contribution in [0, 0.1) is 0 Å². The van der Waals surface area contributed by atoms with Gasteiger partial charge in [0.05, 0.1) is 35.3 Å². The van der Waals surface area contributed by atoms with Crippen molar-refractivity contribution in [2.75, 3.05) is 19.8 Å². The lowest BCUT2D eigenvalue weighted by Crippen LogP contribution is -2.25. The lowest BCUT2D eigenvalue weighted by Gasteiger charge is -2.30. The third-order valence-electron chi connectivity index (χ3n) is 2.84. The Kier molecular flexibility index (Phi) is 13.3. The Labute approximate surface area is 223 Å². The first-order valence-corrected chi connectivity index (χ1v) is 16.1. The van der Waals surface area contributed by atoms with Crippen LogP contribution in [0.25, 0.3) is 0 Å². The number of thiocarbonyl (C=S) groups is 6. The minimum atomic E-state index is -3.50. The van der Waals surface area contributed by atoms with Gasteiger partial charge in [-0.2, -0.15) is 13.5 Å². The molecule has 0 radical (unpaired) electrons. The summed E-state index contributed by atoms with van der Waals surface area (Å²) in [5.41, 5.74) is 0. The molecule has 0 aromatic heterocycles. The van der Waals surface area contributed by atoms with E-state index in [2.05, 4.69) is 58.6 Å². The van der Waals surface area contributed by atoms with Gasteiger partial charge in [0.2, 0.25) is 0 Å². The summed E-state index contributed by atoms with van der Waals surface area (Å²) < 4.78 is 42.4. The average Bonchev–Trinajstić information content (AvgIpc) is 2.68. The van der Waals surface area contributed by atoms with Crippen molar-refractivity contribution < 1.29 is 14.2 Å². The fourth-order valence-electron chi connectivity index (χ4n) is 1.93. The number of nitrogens with zero attached hydrogens (tertiary/aromatic N) is 6. The second kappa shape index (κ2) is 14.5. The van der Waals surface area contributed by atoms with E-state index >= 15 is 0 Å². The van der Waals surface area contributed by atoms with E-state index in [-0.39, 0.29) is 35.3 Å². The van der Waals surface area contributed by atoms with E-state index in [1.165, 1.54) is 0 Å². The molecule has 3 N–H and O–H groups in total. The van der Waals surface area contributed by atoms with Crippen molar-refractivity contribution in [3.05, 3.63) is 0 Å². The Bertz CT molecular complexity index is 971. The fraction of sp³-hybridized carbons (Fsp3) is 0.500. The summed E-state index contributed by atoms with van der Waals surface area (Å²) in [7, 11) is -10.5. The van der Waals surface area contributed by atoms with Crippen LogP contribution < -0.4 is 15.3 Å². The van der Waals surface area contributed by atoms with Crippen molar-refractivity contribution in [1.29, 1.82) is 0 Å². The summed E-state index contributed by atoms with van der Waals surface area (Å²) >= 11 is 30.2. The van der Waals surface area contributed by atoms with Gasteiger partial charge in [-0.15, -0.1) is 14.3 Å². The maximum atomic E-state index is 5.34. The highest BCUT2D eigenvalue weighted by Gasteiger charge is 2.40. The predicted molar refractivity (Wildman–Crippen MR) is 155 cm³/mol. The van der Waals surface area contributed by atoms with E-state index in [4.69, 9.17) is 87.5 Å². The Morgan fingerprint density at radius 2 is 0.879 bits per heavy atom. The smallest absolute Gasteiger partial charge is 0.301 e. The van der Waals surface area contributed by atoms with E-state index < -0.39 is 22.5 Å². The zero-order valence-corrected chi connectivity index (χ0v) is 24.9. The van der Waals surface area contributed by atoms with Gasteiger partial charge in [-0.1, -0.05) is 0 Å². The molecule has 0 aliphatic carbocycles. The van der Waals surface area contributed by atoms with Crippen molar-refractivity contribution in [3.63, 3.8) is 0 Å². The average molecular weight is 622 g/mol. The summed E-state index contributed by atoms with van der Waals surface area (Å²) in [6.07, 6.45) is 0. The van der Waals surface area contributed by atoms with Crippen LogP contribution in [-0.4, -0.2) is 50.8 Å². The summed E-state index contributed by atoms with van der Waals surface area (Å²) in [5.74, 6) is 0. The number of isothiocyanates is 3. The third-order valence-corrected chi connectivity index (χ3v) is 13.3. The van der Waals surface area contributed by atoms with Gasteiger partial charge in [-0.3, -0.25) is 15.3 Å². The summed E-state index contributed by atoms with van der Waals surface area (Å²) in [5, 5.41) is 15.2. The van der Waals surface area contributed by atoms with Crippen molar-refractivity contribution >= 4 is 127 Å². The minimum Gasteiger partial charge on any atom is -0.471 e. The Morgan fingerprint density at radius 1 is 0.636 bits per heavy atom. The molecule has 0 spiro atoms. The molecule has 1 heterocycles. The highest BCUT2D eigenvalue weighted by molar-refractivity contribution is 7.89. The molecule has 0 amide bonds. The van der Waals surface area contributed by atoms with Crippen LogP contribution in [0.4, 0.5) is 0 Å². The van der Waals surface area contributed by atoms with E-state index in [0.717, 1.165) is 0 Å². The van der Waals surface area contributed by atoms with Crippen LogP contribution in [0.1, 0.15) is 20.8 Å². The van der Waals surface area contributed by atoms with Crippen molar-refractivity contribution in [2.24, 2.45) is 27.8 Å². The normalized spacial score (nSPS) is 24.8. The molecule has 0 fully saturated rings. The van der Waals surface area contributed by atoms with Gasteiger partial charge in [0.1, 0.15) is 0 Å². The number of hydrogen-bond acceptors (Lipinski definition) is 15.